The Hall–Kier alpha value is -3.56. The summed E-state index contributed by atoms with van der Waals surface area (Å²) in [6.07, 6.45) is -0.503. The maximum absolute atomic E-state index is 13.9. The third-order valence-corrected chi connectivity index (χ3v) is 4.10. The van der Waals surface area contributed by atoms with Crippen molar-refractivity contribution in [3.8, 4) is 17.2 Å². The van der Waals surface area contributed by atoms with Crippen molar-refractivity contribution in [1.29, 1.82) is 0 Å². The van der Waals surface area contributed by atoms with Gasteiger partial charge in [-0.15, -0.1) is 0 Å². The van der Waals surface area contributed by atoms with E-state index in [9.17, 15) is 17.6 Å². The maximum Gasteiger partial charge on any atom is 0.417 e. The number of alkyl halides is 3. The zero-order valence-corrected chi connectivity index (χ0v) is 14.2. The summed E-state index contributed by atoms with van der Waals surface area (Å²) in [5, 5.41) is 10.6. The first-order chi connectivity index (χ1) is 13.4. The minimum Gasteiger partial charge on any atom is -0.290 e. The van der Waals surface area contributed by atoms with Crippen LogP contribution >= 0.6 is 0 Å². The zero-order chi connectivity index (χ0) is 19.7. The lowest BCUT2D eigenvalue weighted by Crippen LogP contribution is -2.06. The number of imidazole rings is 1. The number of nitrogens with one attached hydrogen (secondary N) is 1. The van der Waals surface area contributed by atoms with E-state index in [0.29, 0.717) is 22.6 Å². The highest BCUT2D eigenvalue weighted by Gasteiger charge is 2.30. The Morgan fingerprint density at radius 2 is 1.82 bits per heavy atom. The van der Waals surface area contributed by atoms with Gasteiger partial charge in [-0.3, -0.25) is 4.57 Å². The summed E-state index contributed by atoms with van der Waals surface area (Å²) in [7, 11) is 0. The van der Waals surface area contributed by atoms with Crippen molar-refractivity contribution in [3.63, 3.8) is 0 Å². The first kappa shape index (κ1) is 17.8. The lowest BCUT2D eigenvalue weighted by atomic mass is 10.1. The van der Waals surface area contributed by atoms with Crippen LogP contribution in [0.4, 0.5) is 17.6 Å². The summed E-state index contributed by atoms with van der Waals surface area (Å²) in [6.45, 7) is 0. The fourth-order valence-electron chi connectivity index (χ4n) is 2.68. The fraction of sp³-hybridized carbons (Fsp3) is 0.111. The predicted octanol–water partition coefficient (Wildman–Crippen LogP) is 3.80. The Bertz CT molecular complexity index is 1100. The average Bonchev–Trinajstić information content (AvgIpc) is 3.32. The van der Waals surface area contributed by atoms with Gasteiger partial charge in [-0.25, -0.2) is 14.4 Å². The highest BCUT2D eigenvalue weighted by atomic mass is 19.4. The molecular weight excluding hydrogens is 376 g/mol. The van der Waals surface area contributed by atoms with Crippen LogP contribution in [-0.4, -0.2) is 29.9 Å². The van der Waals surface area contributed by atoms with Gasteiger partial charge in [0.05, 0.1) is 11.3 Å². The van der Waals surface area contributed by atoms with E-state index in [0.717, 1.165) is 12.3 Å². The monoisotopic (exact) mass is 388 g/mol. The second kappa shape index (κ2) is 6.87. The van der Waals surface area contributed by atoms with Crippen LogP contribution in [-0.2, 0) is 12.6 Å². The molecule has 142 valence electrons. The second-order valence-electron chi connectivity index (χ2n) is 5.96. The molecule has 28 heavy (non-hydrogen) atoms. The van der Waals surface area contributed by atoms with Crippen LogP contribution in [0.3, 0.4) is 0 Å². The van der Waals surface area contributed by atoms with Crippen molar-refractivity contribution in [2.75, 3.05) is 0 Å². The fourth-order valence-corrected chi connectivity index (χ4v) is 2.68. The zero-order valence-electron chi connectivity index (χ0n) is 14.2. The second-order valence-corrected chi connectivity index (χ2v) is 5.96. The van der Waals surface area contributed by atoms with Crippen LogP contribution in [0.15, 0.2) is 55.1 Å². The number of aromatic nitrogens is 6. The molecule has 4 rings (SSSR count). The Kier molecular flexibility index (Phi) is 4.38. The number of pyridine rings is 1. The molecule has 0 bridgehead atoms. The number of hydrogen-bond acceptors (Lipinski definition) is 4. The largest absolute Gasteiger partial charge is 0.417 e. The summed E-state index contributed by atoms with van der Waals surface area (Å²) in [5.41, 5.74) is 0.980. The number of benzene rings is 1. The smallest absolute Gasteiger partial charge is 0.290 e. The molecule has 10 heteroatoms. The third kappa shape index (κ3) is 3.48. The van der Waals surface area contributed by atoms with Gasteiger partial charge in [0.2, 0.25) is 0 Å². The Labute approximate surface area is 155 Å². The minimum atomic E-state index is -4.45. The standard InChI is InChI=1S/C18H12F4N6/c19-13-4-2-1-3-11(13)7-14-17(26-27-25-14)15-9-28(10-24-15)16-6-5-12(8-23-16)18(20,21)22/h1-6,8-10H,7H2,(H,25,26,27). The molecule has 3 aromatic heterocycles. The van der Waals surface area contributed by atoms with Crippen LogP contribution in [0.25, 0.3) is 17.2 Å². The van der Waals surface area contributed by atoms with Gasteiger partial charge in [0, 0.05) is 18.8 Å². The number of H-pyrrole nitrogens is 1. The number of rotatable bonds is 4. The highest BCUT2D eigenvalue weighted by molar-refractivity contribution is 5.57. The molecule has 0 amide bonds. The minimum absolute atomic E-state index is 0.212. The first-order valence-electron chi connectivity index (χ1n) is 8.13. The van der Waals surface area contributed by atoms with Crippen LogP contribution in [0, 0.1) is 5.82 Å². The van der Waals surface area contributed by atoms with Gasteiger partial charge in [-0.2, -0.15) is 28.6 Å². The van der Waals surface area contributed by atoms with Crippen molar-refractivity contribution in [2.45, 2.75) is 12.6 Å². The summed E-state index contributed by atoms with van der Waals surface area (Å²) in [6, 6.07) is 8.53. The summed E-state index contributed by atoms with van der Waals surface area (Å²) < 4.78 is 53.3. The van der Waals surface area contributed by atoms with E-state index in [1.165, 1.54) is 23.0 Å². The van der Waals surface area contributed by atoms with E-state index in [-0.39, 0.29) is 18.1 Å². The molecule has 0 unspecified atom stereocenters. The molecule has 1 N–H and O–H groups in total. The number of nitrogens with zero attached hydrogens (tertiary/aromatic N) is 5. The lowest BCUT2D eigenvalue weighted by molar-refractivity contribution is -0.137. The van der Waals surface area contributed by atoms with Gasteiger partial charge in [0.15, 0.2) is 0 Å². The molecule has 0 aliphatic heterocycles. The molecule has 0 radical (unpaired) electrons. The van der Waals surface area contributed by atoms with E-state index >= 15 is 0 Å². The molecule has 0 saturated heterocycles. The van der Waals surface area contributed by atoms with E-state index in [1.54, 1.807) is 24.4 Å². The van der Waals surface area contributed by atoms with Crippen LogP contribution in [0.1, 0.15) is 16.8 Å². The lowest BCUT2D eigenvalue weighted by Gasteiger charge is -2.06. The molecule has 0 spiro atoms. The van der Waals surface area contributed by atoms with Crippen molar-refractivity contribution in [3.05, 3.63) is 77.8 Å². The van der Waals surface area contributed by atoms with Crippen molar-refractivity contribution >= 4 is 0 Å². The maximum atomic E-state index is 13.9. The molecule has 0 fully saturated rings. The average molecular weight is 388 g/mol. The topological polar surface area (TPSA) is 72.3 Å². The number of hydrogen-bond donors (Lipinski definition) is 1. The highest BCUT2D eigenvalue weighted by Crippen LogP contribution is 2.29. The van der Waals surface area contributed by atoms with Crippen LogP contribution in [0.2, 0.25) is 0 Å². The third-order valence-electron chi connectivity index (χ3n) is 4.10. The van der Waals surface area contributed by atoms with Crippen molar-refractivity contribution in [1.82, 2.24) is 29.9 Å². The molecule has 3 heterocycles. The first-order valence-corrected chi connectivity index (χ1v) is 8.13. The van der Waals surface area contributed by atoms with Crippen LogP contribution < -0.4 is 0 Å². The Balaban J connectivity index is 1.61. The van der Waals surface area contributed by atoms with E-state index in [4.69, 9.17) is 0 Å². The predicted molar refractivity (Wildman–Crippen MR) is 90.9 cm³/mol. The molecular formula is C18H12F4N6. The van der Waals surface area contributed by atoms with Gasteiger partial charge < -0.3 is 0 Å². The van der Waals surface area contributed by atoms with E-state index < -0.39 is 11.7 Å². The number of aromatic amines is 1. The van der Waals surface area contributed by atoms with Gasteiger partial charge in [-0.1, -0.05) is 18.2 Å². The SMILES string of the molecule is Fc1ccccc1Cc1n[nH]nc1-c1cn(-c2ccc(C(F)(F)F)cn2)cn1. The molecule has 0 aliphatic carbocycles. The Morgan fingerprint density at radius 1 is 1.00 bits per heavy atom. The Morgan fingerprint density at radius 3 is 2.54 bits per heavy atom. The molecule has 0 saturated carbocycles. The summed E-state index contributed by atoms with van der Waals surface area (Å²) >= 11 is 0. The summed E-state index contributed by atoms with van der Waals surface area (Å²) in [5.74, 6) is -0.0816. The van der Waals surface area contributed by atoms with Gasteiger partial charge >= 0.3 is 6.18 Å². The van der Waals surface area contributed by atoms with E-state index in [1.807, 2.05) is 0 Å². The van der Waals surface area contributed by atoms with Gasteiger partial charge in [0.25, 0.3) is 0 Å². The molecule has 1 aromatic carbocycles. The van der Waals surface area contributed by atoms with Gasteiger partial charge in [0.1, 0.15) is 29.4 Å². The number of halogens is 4. The van der Waals surface area contributed by atoms with Crippen molar-refractivity contribution < 1.29 is 17.6 Å². The van der Waals surface area contributed by atoms with E-state index in [2.05, 4.69) is 25.4 Å². The van der Waals surface area contributed by atoms with Gasteiger partial charge in [-0.05, 0) is 23.8 Å². The molecule has 6 nitrogen and oxygen atoms in total. The normalized spacial score (nSPS) is 11.7. The molecule has 0 atom stereocenters. The molecule has 4 aromatic rings. The van der Waals surface area contributed by atoms with Crippen LogP contribution in [0.5, 0.6) is 0 Å². The quantitative estimate of drug-likeness (QED) is 0.540. The summed E-state index contributed by atoms with van der Waals surface area (Å²) in [4.78, 5) is 8.04. The van der Waals surface area contributed by atoms with Crippen molar-refractivity contribution in [2.24, 2.45) is 0 Å². The molecule has 0 aliphatic rings.